The molecule has 0 radical (unpaired) electrons. The molecule has 0 spiro atoms. The summed E-state index contributed by atoms with van der Waals surface area (Å²) in [5.41, 5.74) is 0. The average Bonchev–Trinajstić information content (AvgIpc) is 2.20. The molecule has 0 aromatic rings. The van der Waals surface area contributed by atoms with Crippen LogP contribution in [0.15, 0.2) is 0 Å². The Morgan fingerprint density at radius 3 is 2.93 bits per heavy atom. The van der Waals surface area contributed by atoms with Crippen molar-refractivity contribution in [3.63, 3.8) is 0 Å². The predicted octanol–water partition coefficient (Wildman–Crippen LogP) is 1.63. The average molecular weight is 214 g/mol. The van der Waals surface area contributed by atoms with E-state index in [4.69, 9.17) is 9.84 Å². The quantitative estimate of drug-likeness (QED) is 0.755. The maximum absolute atomic E-state index is 11.5. The van der Waals surface area contributed by atoms with Crippen LogP contribution in [-0.4, -0.2) is 30.1 Å². The second kappa shape index (κ2) is 5.85. The Hall–Kier alpha value is -0.900. The summed E-state index contributed by atoms with van der Waals surface area (Å²) < 4.78 is 5.23. The Labute approximate surface area is 89.6 Å². The summed E-state index contributed by atoms with van der Waals surface area (Å²) in [6, 6.07) is 0. The van der Waals surface area contributed by atoms with E-state index in [2.05, 4.69) is 0 Å². The van der Waals surface area contributed by atoms with E-state index < -0.39 is 5.97 Å². The minimum atomic E-state index is -0.790. The highest BCUT2D eigenvalue weighted by Gasteiger charge is 2.28. The number of ketones is 1. The Morgan fingerprint density at radius 2 is 2.33 bits per heavy atom. The van der Waals surface area contributed by atoms with E-state index in [1.165, 1.54) is 0 Å². The number of carbonyl (C=O) groups is 2. The summed E-state index contributed by atoms with van der Waals surface area (Å²) in [6.07, 6.45) is 3.75. The summed E-state index contributed by atoms with van der Waals surface area (Å²) in [6.45, 7) is 0. The number of Topliss-reactive ketones (excluding diaryl/α,β-unsaturated/α-hetero) is 1. The summed E-state index contributed by atoms with van der Waals surface area (Å²) in [5.74, 6) is -0.502. The lowest BCUT2D eigenvalue weighted by Gasteiger charge is -2.26. The highest BCUT2D eigenvalue weighted by molar-refractivity contribution is 5.81. The van der Waals surface area contributed by atoms with Gasteiger partial charge < -0.3 is 9.84 Å². The van der Waals surface area contributed by atoms with Crippen molar-refractivity contribution in [2.24, 2.45) is 5.92 Å². The SMILES string of the molecule is COC1CCC(=O)C(CCCC(=O)O)C1. The van der Waals surface area contributed by atoms with E-state index in [-0.39, 0.29) is 24.2 Å². The highest BCUT2D eigenvalue weighted by atomic mass is 16.5. The van der Waals surface area contributed by atoms with Crippen LogP contribution in [0.2, 0.25) is 0 Å². The van der Waals surface area contributed by atoms with E-state index in [1.807, 2.05) is 0 Å². The van der Waals surface area contributed by atoms with Crippen molar-refractivity contribution in [1.29, 1.82) is 0 Å². The molecule has 0 bridgehead atoms. The first-order chi connectivity index (χ1) is 7.13. The number of rotatable bonds is 5. The van der Waals surface area contributed by atoms with Gasteiger partial charge in [0.05, 0.1) is 6.10 Å². The van der Waals surface area contributed by atoms with Gasteiger partial charge in [0.25, 0.3) is 0 Å². The van der Waals surface area contributed by atoms with Crippen molar-refractivity contribution in [2.45, 2.75) is 44.6 Å². The van der Waals surface area contributed by atoms with Gasteiger partial charge in [-0.1, -0.05) is 0 Å². The van der Waals surface area contributed by atoms with Crippen LogP contribution in [0.4, 0.5) is 0 Å². The van der Waals surface area contributed by atoms with E-state index in [0.717, 1.165) is 12.8 Å². The lowest BCUT2D eigenvalue weighted by atomic mass is 9.83. The fraction of sp³-hybridized carbons (Fsp3) is 0.818. The summed E-state index contributed by atoms with van der Waals surface area (Å²) in [4.78, 5) is 21.9. The van der Waals surface area contributed by atoms with Gasteiger partial charge >= 0.3 is 5.97 Å². The standard InChI is InChI=1S/C11H18O4/c1-15-9-5-6-10(12)8(7-9)3-2-4-11(13)14/h8-9H,2-7H2,1H3,(H,13,14). The van der Waals surface area contributed by atoms with Crippen molar-refractivity contribution in [1.82, 2.24) is 0 Å². The molecule has 0 aromatic heterocycles. The van der Waals surface area contributed by atoms with Gasteiger partial charge in [0, 0.05) is 25.9 Å². The molecule has 2 unspecified atom stereocenters. The summed E-state index contributed by atoms with van der Waals surface area (Å²) >= 11 is 0. The van der Waals surface area contributed by atoms with E-state index in [1.54, 1.807) is 7.11 Å². The smallest absolute Gasteiger partial charge is 0.303 e. The molecular formula is C11H18O4. The molecule has 0 heterocycles. The molecule has 1 aliphatic carbocycles. The number of carbonyl (C=O) groups excluding carboxylic acids is 1. The van der Waals surface area contributed by atoms with E-state index >= 15 is 0 Å². The Kier molecular flexibility index (Phi) is 4.75. The third kappa shape index (κ3) is 4.00. The first-order valence-electron chi connectivity index (χ1n) is 5.40. The van der Waals surface area contributed by atoms with E-state index in [0.29, 0.717) is 19.3 Å². The number of hydrogen-bond acceptors (Lipinski definition) is 3. The molecule has 0 aliphatic heterocycles. The molecule has 2 atom stereocenters. The van der Waals surface area contributed by atoms with Gasteiger partial charge in [0.15, 0.2) is 0 Å². The lowest BCUT2D eigenvalue weighted by molar-refractivity contribution is -0.137. The molecule has 86 valence electrons. The summed E-state index contributed by atoms with van der Waals surface area (Å²) in [7, 11) is 1.66. The van der Waals surface area contributed by atoms with Crippen LogP contribution in [0.1, 0.15) is 38.5 Å². The molecule has 0 amide bonds. The Bertz CT molecular complexity index is 237. The lowest BCUT2D eigenvalue weighted by Crippen LogP contribution is -2.29. The van der Waals surface area contributed by atoms with Crippen LogP contribution < -0.4 is 0 Å². The minimum absolute atomic E-state index is 0.0167. The molecule has 0 saturated heterocycles. The topological polar surface area (TPSA) is 63.6 Å². The molecule has 4 heteroatoms. The maximum atomic E-state index is 11.5. The first kappa shape index (κ1) is 12.2. The van der Waals surface area contributed by atoms with Gasteiger partial charge in [0.1, 0.15) is 5.78 Å². The monoisotopic (exact) mass is 214 g/mol. The van der Waals surface area contributed by atoms with Crippen molar-refractivity contribution < 1.29 is 19.4 Å². The fourth-order valence-electron chi connectivity index (χ4n) is 2.07. The molecule has 15 heavy (non-hydrogen) atoms. The van der Waals surface area contributed by atoms with Crippen molar-refractivity contribution in [3.8, 4) is 0 Å². The zero-order chi connectivity index (χ0) is 11.3. The van der Waals surface area contributed by atoms with Gasteiger partial charge in [-0.15, -0.1) is 0 Å². The highest BCUT2D eigenvalue weighted by Crippen LogP contribution is 2.26. The van der Waals surface area contributed by atoms with Gasteiger partial charge in [-0.2, -0.15) is 0 Å². The second-order valence-electron chi connectivity index (χ2n) is 4.08. The van der Waals surface area contributed by atoms with Crippen molar-refractivity contribution >= 4 is 11.8 Å². The molecule has 1 fully saturated rings. The van der Waals surface area contributed by atoms with Crippen LogP contribution in [0.25, 0.3) is 0 Å². The predicted molar refractivity (Wildman–Crippen MR) is 54.6 cm³/mol. The Balaban J connectivity index is 2.31. The maximum Gasteiger partial charge on any atom is 0.303 e. The number of methoxy groups -OCH3 is 1. The molecule has 4 nitrogen and oxygen atoms in total. The number of carboxylic acid groups (broad SMARTS) is 1. The number of carboxylic acids is 1. The van der Waals surface area contributed by atoms with Crippen molar-refractivity contribution in [3.05, 3.63) is 0 Å². The van der Waals surface area contributed by atoms with Gasteiger partial charge in [0.2, 0.25) is 0 Å². The fourth-order valence-corrected chi connectivity index (χ4v) is 2.07. The van der Waals surface area contributed by atoms with Crippen LogP contribution >= 0.6 is 0 Å². The molecule has 1 N–H and O–H groups in total. The molecular weight excluding hydrogens is 196 g/mol. The third-order valence-corrected chi connectivity index (χ3v) is 2.99. The molecule has 1 rings (SSSR count). The largest absolute Gasteiger partial charge is 0.481 e. The molecule has 1 aliphatic rings. The third-order valence-electron chi connectivity index (χ3n) is 2.99. The zero-order valence-corrected chi connectivity index (χ0v) is 9.07. The van der Waals surface area contributed by atoms with Crippen molar-refractivity contribution in [2.75, 3.05) is 7.11 Å². The molecule has 1 saturated carbocycles. The normalized spacial score (nSPS) is 26.6. The van der Waals surface area contributed by atoms with Gasteiger partial charge in [-0.05, 0) is 25.7 Å². The second-order valence-corrected chi connectivity index (χ2v) is 4.08. The van der Waals surface area contributed by atoms with Gasteiger partial charge in [-0.3, -0.25) is 9.59 Å². The van der Waals surface area contributed by atoms with Gasteiger partial charge in [-0.25, -0.2) is 0 Å². The van der Waals surface area contributed by atoms with Crippen LogP contribution in [0.3, 0.4) is 0 Å². The number of hydrogen-bond donors (Lipinski definition) is 1. The zero-order valence-electron chi connectivity index (χ0n) is 9.07. The minimum Gasteiger partial charge on any atom is -0.481 e. The summed E-state index contributed by atoms with van der Waals surface area (Å²) in [5, 5.41) is 8.50. The number of ether oxygens (including phenoxy) is 1. The Morgan fingerprint density at radius 1 is 1.60 bits per heavy atom. The van der Waals surface area contributed by atoms with Crippen LogP contribution in [0.5, 0.6) is 0 Å². The number of aliphatic carboxylic acids is 1. The van der Waals surface area contributed by atoms with E-state index in [9.17, 15) is 9.59 Å². The first-order valence-corrected chi connectivity index (χ1v) is 5.40. The van der Waals surface area contributed by atoms with Crippen LogP contribution in [0, 0.1) is 5.92 Å². The van der Waals surface area contributed by atoms with Crippen LogP contribution in [-0.2, 0) is 14.3 Å². The molecule has 0 aromatic carbocycles.